The van der Waals surface area contributed by atoms with Crippen molar-refractivity contribution in [2.45, 2.75) is 32.7 Å². The number of likely N-dealkylation sites (tertiary alicyclic amines) is 1. The molecule has 1 heterocycles. The van der Waals surface area contributed by atoms with Gasteiger partial charge in [0.25, 0.3) is 0 Å². The molecule has 1 fully saturated rings. The fraction of sp³-hybridized carbons (Fsp3) is 0.889. The monoisotopic (exact) mass is 185 g/mol. The second-order valence-electron chi connectivity index (χ2n) is 4.05. The molecule has 0 aromatic carbocycles. The normalized spacial score (nSPS) is 32.0. The van der Waals surface area contributed by atoms with Gasteiger partial charge in [0.1, 0.15) is 0 Å². The Kier molecular flexibility index (Phi) is 3.54. The fourth-order valence-corrected chi connectivity index (χ4v) is 1.84. The van der Waals surface area contributed by atoms with Crippen molar-refractivity contribution >= 4 is 5.84 Å². The summed E-state index contributed by atoms with van der Waals surface area (Å²) in [7, 11) is 0. The van der Waals surface area contributed by atoms with Gasteiger partial charge in [-0.3, -0.25) is 4.90 Å². The quantitative estimate of drug-likeness (QED) is 0.290. The average Bonchev–Trinajstić information content (AvgIpc) is 2.11. The molecule has 0 amide bonds. The van der Waals surface area contributed by atoms with Gasteiger partial charge < -0.3 is 10.9 Å². The Morgan fingerprint density at radius 3 is 2.85 bits per heavy atom. The van der Waals surface area contributed by atoms with Crippen molar-refractivity contribution < 1.29 is 5.21 Å². The molecule has 0 bridgehead atoms. The first-order valence-electron chi connectivity index (χ1n) is 4.84. The molecule has 2 atom stereocenters. The van der Waals surface area contributed by atoms with Crippen LogP contribution in [0.1, 0.15) is 26.7 Å². The molecule has 76 valence electrons. The third-order valence-corrected chi connectivity index (χ3v) is 2.74. The van der Waals surface area contributed by atoms with Crippen LogP contribution < -0.4 is 5.73 Å². The Morgan fingerprint density at radius 2 is 2.23 bits per heavy atom. The molecule has 0 saturated carbocycles. The minimum Gasteiger partial charge on any atom is -0.409 e. The highest BCUT2D eigenvalue weighted by Crippen LogP contribution is 2.20. The van der Waals surface area contributed by atoms with Gasteiger partial charge in [-0.05, 0) is 25.7 Å². The summed E-state index contributed by atoms with van der Waals surface area (Å²) in [5, 5.41) is 11.4. The van der Waals surface area contributed by atoms with Crippen LogP contribution in [-0.2, 0) is 0 Å². The van der Waals surface area contributed by atoms with E-state index < -0.39 is 0 Å². The minimum atomic E-state index is 0.306. The number of oxime groups is 1. The number of rotatable bonds is 2. The summed E-state index contributed by atoms with van der Waals surface area (Å²) >= 11 is 0. The number of amidine groups is 1. The van der Waals surface area contributed by atoms with Gasteiger partial charge in [-0.15, -0.1) is 0 Å². The van der Waals surface area contributed by atoms with E-state index in [1.165, 1.54) is 12.8 Å². The molecule has 1 aliphatic rings. The Hall–Kier alpha value is -0.770. The maximum atomic E-state index is 8.45. The standard InChI is InChI=1S/C9H19N3O/c1-7-3-4-8(2)12(5-7)6-9(10)11-13/h7-8,13H,3-6H2,1-2H3,(H2,10,11). The van der Waals surface area contributed by atoms with Crippen molar-refractivity contribution in [3.63, 3.8) is 0 Å². The molecule has 0 aliphatic carbocycles. The summed E-state index contributed by atoms with van der Waals surface area (Å²) in [4.78, 5) is 2.27. The largest absolute Gasteiger partial charge is 0.409 e. The molecule has 3 N–H and O–H groups in total. The van der Waals surface area contributed by atoms with Gasteiger partial charge in [-0.25, -0.2) is 0 Å². The van der Waals surface area contributed by atoms with Crippen molar-refractivity contribution in [3.05, 3.63) is 0 Å². The van der Waals surface area contributed by atoms with E-state index >= 15 is 0 Å². The molecule has 0 radical (unpaired) electrons. The van der Waals surface area contributed by atoms with Gasteiger partial charge >= 0.3 is 0 Å². The van der Waals surface area contributed by atoms with Gasteiger partial charge in [0, 0.05) is 12.6 Å². The highest BCUT2D eigenvalue weighted by atomic mass is 16.4. The lowest BCUT2D eigenvalue weighted by atomic mass is 9.95. The SMILES string of the molecule is CC1CCC(C)N(CC(N)=NO)C1. The molecule has 4 heteroatoms. The molecule has 2 unspecified atom stereocenters. The van der Waals surface area contributed by atoms with Crippen molar-refractivity contribution in [3.8, 4) is 0 Å². The number of nitrogens with zero attached hydrogens (tertiary/aromatic N) is 2. The molecule has 1 rings (SSSR count). The van der Waals surface area contributed by atoms with Crippen LogP contribution in [0.2, 0.25) is 0 Å². The average molecular weight is 185 g/mol. The zero-order valence-corrected chi connectivity index (χ0v) is 8.40. The Labute approximate surface area is 79.4 Å². The molecule has 4 nitrogen and oxygen atoms in total. The second kappa shape index (κ2) is 4.46. The third kappa shape index (κ3) is 2.88. The highest BCUT2D eigenvalue weighted by molar-refractivity contribution is 5.81. The lowest BCUT2D eigenvalue weighted by Crippen LogP contribution is -2.45. The third-order valence-electron chi connectivity index (χ3n) is 2.74. The van der Waals surface area contributed by atoms with Crippen LogP contribution >= 0.6 is 0 Å². The summed E-state index contributed by atoms with van der Waals surface area (Å²) < 4.78 is 0. The van der Waals surface area contributed by atoms with Crippen LogP contribution in [0.3, 0.4) is 0 Å². The molecule has 0 aromatic heterocycles. The van der Waals surface area contributed by atoms with E-state index in [9.17, 15) is 0 Å². The van der Waals surface area contributed by atoms with Gasteiger partial charge in [0.05, 0.1) is 6.54 Å². The number of nitrogens with two attached hydrogens (primary N) is 1. The van der Waals surface area contributed by atoms with Gasteiger partial charge in [0.15, 0.2) is 5.84 Å². The number of hydrogen-bond acceptors (Lipinski definition) is 3. The number of hydrogen-bond donors (Lipinski definition) is 2. The maximum Gasteiger partial charge on any atom is 0.153 e. The van der Waals surface area contributed by atoms with E-state index in [1.807, 2.05) is 0 Å². The van der Waals surface area contributed by atoms with E-state index in [2.05, 4.69) is 23.9 Å². The van der Waals surface area contributed by atoms with Crippen LogP contribution in [-0.4, -0.2) is 35.1 Å². The minimum absolute atomic E-state index is 0.306. The Balaban J connectivity index is 2.46. The van der Waals surface area contributed by atoms with Crippen LogP contribution in [0, 0.1) is 5.92 Å². The summed E-state index contributed by atoms with van der Waals surface area (Å²) in [6.07, 6.45) is 2.49. The van der Waals surface area contributed by atoms with Crippen molar-refractivity contribution in [1.29, 1.82) is 0 Å². The predicted octanol–water partition coefficient (Wildman–Crippen LogP) is 0.853. The highest BCUT2D eigenvalue weighted by Gasteiger charge is 2.23. The van der Waals surface area contributed by atoms with Gasteiger partial charge in [-0.1, -0.05) is 12.1 Å². The Morgan fingerprint density at radius 1 is 1.54 bits per heavy atom. The molecule has 0 spiro atoms. The zero-order valence-electron chi connectivity index (χ0n) is 8.40. The van der Waals surface area contributed by atoms with Gasteiger partial charge in [-0.2, -0.15) is 0 Å². The van der Waals surface area contributed by atoms with E-state index in [0.717, 1.165) is 12.5 Å². The van der Waals surface area contributed by atoms with E-state index in [1.54, 1.807) is 0 Å². The smallest absolute Gasteiger partial charge is 0.153 e. The van der Waals surface area contributed by atoms with Crippen LogP contribution in [0.5, 0.6) is 0 Å². The van der Waals surface area contributed by atoms with E-state index in [-0.39, 0.29) is 0 Å². The zero-order chi connectivity index (χ0) is 9.84. The summed E-state index contributed by atoms with van der Waals surface area (Å²) in [6.45, 7) is 6.07. The van der Waals surface area contributed by atoms with Crippen molar-refractivity contribution in [2.75, 3.05) is 13.1 Å². The topological polar surface area (TPSA) is 61.8 Å². The van der Waals surface area contributed by atoms with Crippen LogP contribution in [0.25, 0.3) is 0 Å². The molecular formula is C9H19N3O. The van der Waals surface area contributed by atoms with Crippen molar-refractivity contribution in [2.24, 2.45) is 16.8 Å². The molecule has 0 aromatic rings. The fourth-order valence-electron chi connectivity index (χ4n) is 1.84. The first-order valence-corrected chi connectivity index (χ1v) is 4.84. The number of piperidine rings is 1. The van der Waals surface area contributed by atoms with Gasteiger partial charge in [0.2, 0.25) is 0 Å². The van der Waals surface area contributed by atoms with E-state index in [0.29, 0.717) is 18.4 Å². The first-order chi connectivity index (χ1) is 6.13. The lowest BCUT2D eigenvalue weighted by molar-refractivity contribution is 0.143. The van der Waals surface area contributed by atoms with Crippen molar-refractivity contribution in [1.82, 2.24) is 4.90 Å². The molecular weight excluding hydrogens is 166 g/mol. The molecule has 1 aliphatic heterocycles. The summed E-state index contributed by atoms with van der Waals surface area (Å²) in [5.41, 5.74) is 5.47. The molecule has 1 saturated heterocycles. The Bertz CT molecular complexity index is 193. The lowest BCUT2D eigenvalue weighted by Gasteiger charge is -2.36. The first kappa shape index (κ1) is 10.3. The second-order valence-corrected chi connectivity index (χ2v) is 4.05. The van der Waals surface area contributed by atoms with Crippen LogP contribution in [0.4, 0.5) is 0 Å². The molecule has 13 heavy (non-hydrogen) atoms. The van der Waals surface area contributed by atoms with E-state index in [4.69, 9.17) is 10.9 Å². The predicted molar refractivity (Wildman–Crippen MR) is 52.8 cm³/mol. The maximum absolute atomic E-state index is 8.45. The summed E-state index contributed by atoms with van der Waals surface area (Å²) in [6, 6.07) is 0.552. The van der Waals surface area contributed by atoms with Crippen LogP contribution in [0.15, 0.2) is 5.16 Å². The summed E-state index contributed by atoms with van der Waals surface area (Å²) in [5.74, 6) is 1.03.